The van der Waals surface area contributed by atoms with E-state index in [-0.39, 0.29) is 12.1 Å². The van der Waals surface area contributed by atoms with Crippen molar-refractivity contribution in [2.45, 2.75) is 33.0 Å². The van der Waals surface area contributed by atoms with Crippen molar-refractivity contribution in [3.05, 3.63) is 59.9 Å². The molecule has 1 aromatic carbocycles. The summed E-state index contributed by atoms with van der Waals surface area (Å²) >= 11 is 0. The number of nitrogens with one attached hydrogen (secondary N) is 2. The first-order valence-corrected chi connectivity index (χ1v) is 7.29. The first-order valence-electron chi connectivity index (χ1n) is 7.29. The summed E-state index contributed by atoms with van der Waals surface area (Å²) in [6, 6.07) is 11.3. The van der Waals surface area contributed by atoms with E-state index >= 15 is 0 Å². The maximum Gasteiger partial charge on any atom is 0.315 e. The molecule has 5 nitrogen and oxygen atoms in total. The van der Waals surface area contributed by atoms with Crippen LogP contribution in [0, 0.1) is 0 Å². The molecule has 0 unspecified atom stereocenters. The number of ether oxygens (including phenoxy) is 1. The number of urea groups is 1. The topological polar surface area (TPSA) is 63.2 Å². The van der Waals surface area contributed by atoms with Crippen LogP contribution in [0.5, 0.6) is 5.75 Å². The molecule has 5 heteroatoms. The van der Waals surface area contributed by atoms with E-state index < -0.39 is 0 Å². The smallest absolute Gasteiger partial charge is 0.315 e. The summed E-state index contributed by atoms with van der Waals surface area (Å²) in [6.07, 6.45) is 3.56. The molecule has 2 aromatic rings. The number of aromatic nitrogens is 1. The second-order valence-electron chi connectivity index (χ2n) is 5.21. The second-order valence-corrected chi connectivity index (χ2v) is 5.21. The Bertz CT molecular complexity index is 600. The first-order chi connectivity index (χ1) is 10.6. The monoisotopic (exact) mass is 299 g/mol. The highest BCUT2D eigenvalue weighted by atomic mass is 16.5. The van der Waals surface area contributed by atoms with Gasteiger partial charge in [-0.2, -0.15) is 0 Å². The third-order valence-corrected chi connectivity index (χ3v) is 2.90. The lowest BCUT2D eigenvalue weighted by atomic mass is 10.2. The Hall–Kier alpha value is -2.56. The van der Waals surface area contributed by atoms with E-state index in [4.69, 9.17) is 4.74 Å². The Balaban J connectivity index is 1.78. The third-order valence-electron chi connectivity index (χ3n) is 2.90. The van der Waals surface area contributed by atoms with Crippen LogP contribution in [0.2, 0.25) is 0 Å². The molecule has 2 N–H and O–H groups in total. The van der Waals surface area contributed by atoms with Gasteiger partial charge >= 0.3 is 6.03 Å². The van der Waals surface area contributed by atoms with Crippen LogP contribution < -0.4 is 15.4 Å². The Morgan fingerprint density at radius 1 is 1.14 bits per heavy atom. The SMILES string of the molecule is CC(C)Oc1cccc(CNC(=O)NCc2cccnc2)c1. The summed E-state index contributed by atoms with van der Waals surface area (Å²) in [6.45, 7) is 4.87. The van der Waals surface area contributed by atoms with Crippen LogP contribution in [-0.2, 0) is 13.1 Å². The fourth-order valence-corrected chi connectivity index (χ4v) is 1.93. The standard InChI is InChI=1S/C17H21N3O2/c1-13(2)22-16-7-3-5-14(9-16)11-19-17(21)20-12-15-6-4-8-18-10-15/h3-10,13H,11-12H2,1-2H3,(H2,19,20,21). The Kier molecular flexibility index (Phi) is 5.77. The zero-order chi connectivity index (χ0) is 15.8. The summed E-state index contributed by atoms with van der Waals surface area (Å²) in [4.78, 5) is 15.8. The van der Waals surface area contributed by atoms with E-state index in [1.807, 2.05) is 50.2 Å². The van der Waals surface area contributed by atoms with Crippen molar-refractivity contribution in [2.24, 2.45) is 0 Å². The molecule has 0 spiro atoms. The normalized spacial score (nSPS) is 10.3. The number of carbonyl (C=O) groups is 1. The minimum absolute atomic E-state index is 0.131. The van der Waals surface area contributed by atoms with E-state index in [1.54, 1.807) is 12.4 Å². The predicted octanol–water partition coefficient (Wildman–Crippen LogP) is 2.87. The molecule has 0 saturated carbocycles. The summed E-state index contributed by atoms with van der Waals surface area (Å²) in [5.74, 6) is 0.810. The van der Waals surface area contributed by atoms with Gasteiger partial charge in [-0.15, -0.1) is 0 Å². The van der Waals surface area contributed by atoms with Crippen molar-refractivity contribution in [3.63, 3.8) is 0 Å². The Labute approximate surface area is 130 Å². The van der Waals surface area contributed by atoms with Gasteiger partial charge in [0.2, 0.25) is 0 Å². The highest BCUT2D eigenvalue weighted by molar-refractivity contribution is 5.73. The number of rotatable bonds is 6. The van der Waals surface area contributed by atoms with Crippen LogP contribution in [0.3, 0.4) is 0 Å². The van der Waals surface area contributed by atoms with E-state index in [0.717, 1.165) is 16.9 Å². The van der Waals surface area contributed by atoms with Crippen molar-refractivity contribution >= 4 is 6.03 Å². The van der Waals surface area contributed by atoms with Gasteiger partial charge in [0.25, 0.3) is 0 Å². The quantitative estimate of drug-likeness (QED) is 0.862. The third kappa shape index (κ3) is 5.44. The number of carbonyl (C=O) groups excluding carboxylic acids is 1. The largest absolute Gasteiger partial charge is 0.491 e. The Morgan fingerprint density at radius 2 is 1.86 bits per heavy atom. The molecule has 0 fully saturated rings. The lowest BCUT2D eigenvalue weighted by Crippen LogP contribution is -2.34. The van der Waals surface area contributed by atoms with Gasteiger partial charge in [0.1, 0.15) is 5.75 Å². The van der Waals surface area contributed by atoms with Gasteiger partial charge in [0.15, 0.2) is 0 Å². The molecule has 0 atom stereocenters. The van der Waals surface area contributed by atoms with Crippen LogP contribution in [-0.4, -0.2) is 17.1 Å². The molecule has 0 bridgehead atoms. The van der Waals surface area contributed by atoms with Crippen LogP contribution in [0.1, 0.15) is 25.0 Å². The van der Waals surface area contributed by atoms with E-state index in [1.165, 1.54) is 0 Å². The fourth-order valence-electron chi connectivity index (χ4n) is 1.93. The molecule has 2 rings (SSSR count). The molecule has 0 saturated heterocycles. The zero-order valence-electron chi connectivity index (χ0n) is 12.9. The minimum atomic E-state index is -0.209. The molecule has 0 aliphatic rings. The fraction of sp³-hybridized carbons (Fsp3) is 0.294. The number of pyridine rings is 1. The van der Waals surface area contributed by atoms with E-state index in [0.29, 0.717) is 13.1 Å². The van der Waals surface area contributed by atoms with Crippen LogP contribution >= 0.6 is 0 Å². The number of benzene rings is 1. The molecule has 1 heterocycles. The number of hydrogen-bond acceptors (Lipinski definition) is 3. The molecule has 2 amide bonds. The molecule has 116 valence electrons. The van der Waals surface area contributed by atoms with Gasteiger partial charge in [-0.25, -0.2) is 4.79 Å². The molecule has 0 radical (unpaired) electrons. The summed E-state index contributed by atoms with van der Waals surface area (Å²) in [5.41, 5.74) is 1.96. The molecule has 0 aliphatic heterocycles. The van der Waals surface area contributed by atoms with Gasteiger partial charge in [0, 0.05) is 25.5 Å². The first kappa shape index (κ1) is 15.8. The lowest BCUT2D eigenvalue weighted by Gasteiger charge is -2.11. The summed E-state index contributed by atoms with van der Waals surface area (Å²) in [5, 5.41) is 5.62. The van der Waals surface area contributed by atoms with Crippen LogP contribution in [0.15, 0.2) is 48.8 Å². The number of hydrogen-bond donors (Lipinski definition) is 2. The molecular weight excluding hydrogens is 278 g/mol. The van der Waals surface area contributed by atoms with Crippen LogP contribution in [0.25, 0.3) is 0 Å². The predicted molar refractivity (Wildman–Crippen MR) is 85.5 cm³/mol. The van der Waals surface area contributed by atoms with Gasteiger partial charge in [0.05, 0.1) is 6.10 Å². The maximum atomic E-state index is 11.8. The average molecular weight is 299 g/mol. The van der Waals surface area contributed by atoms with Crippen molar-refractivity contribution in [3.8, 4) is 5.75 Å². The highest BCUT2D eigenvalue weighted by Crippen LogP contribution is 2.14. The van der Waals surface area contributed by atoms with Gasteiger partial charge in [-0.3, -0.25) is 4.98 Å². The van der Waals surface area contributed by atoms with Crippen LogP contribution in [0.4, 0.5) is 4.79 Å². The maximum absolute atomic E-state index is 11.8. The lowest BCUT2D eigenvalue weighted by molar-refractivity contribution is 0.239. The molecular formula is C17H21N3O2. The second kappa shape index (κ2) is 8.02. The van der Waals surface area contributed by atoms with E-state index in [2.05, 4.69) is 15.6 Å². The van der Waals surface area contributed by atoms with Gasteiger partial charge in [-0.1, -0.05) is 18.2 Å². The minimum Gasteiger partial charge on any atom is -0.491 e. The van der Waals surface area contributed by atoms with Crippen molar-refractivity contribution in [1.29, 1.82) is 0 Å². The van der Waals surface area contributed by atoms with Gasteiger partial charge < -0.3 is 15.4 Å². The van der Waals surface area contributed by atoms with E-state index in [9.17, 15) is 4.79 Å². The Morgan fingerprint density at radius 3 is 2.55 bits per heavy atom. The number of amides is 2. The summed E-state index contributed by atoms with van der Waals surface area (Å²) in [7, 11) is 0. The molecule has 1 aromatic heterocycles. The van der Waals surface area contributed by atoms with Crippen molar-refractivity contribution in [1.82, 2.24) is 15.6 Å². The highest BCUT2D eigenvalue weighted by Gasteiger charge is 2.03. The molecule has 0 aliphatic carbocycles. The number of nitrogens with zero attached hydrogens (tertiary/aromatic N) is 1. The van der Waals surface area contributed by atoms with Crippen molar-refractivity contribution < 1.29 is 9.53 Å². The van der Waals surface area contributed by atoms with Crippen molar-refractivity contribution in [2.75, 3.05) is 0 Å². The summed E-state index contributed by atoms with van der Waals surface area (Å²) < 4.78 is 5.63. The molecule has 22 heavy (non-hydrogen) atoms. The average Bonchev–Trinajstić information content (AvgIpc) is 2.52. The zero-order valence-corrected chi connectivity index (χ0v) is 12.9. The van der Waals surface area contributed by atoms with Gasteiger partial charge in [-0.05, 0) is 43.2 Å².